The first-order valence-corrected chi connectivity index (χ1v) is 8.41. The van der Waals surface area contributed by atoms with Crippen LogP contribution >= 0.6 is 0 Å². The molecule has 3 nitrogen and oxygen atoms in total. The summed E-state index contributed by atoms with van der Waals surface area (Å²) in [6, 6.07) is 15.3. The SMILES string of the molecule is Cc1ccc(CN2CC[C@H](c3nc4ccc(C)cc4[nH]3)C2)cc1. The molecule has 0 bridgehead atoms. The molecule has 1 aromatic heterocycles. The Morgan fingerprint density at radius 1 is 1.09 bits per heavy atom. The zero-order chi connectivity index (χ0) is 15.8. The van der Waals surface area contributed by atoms with Gasteiger partial charge in [0.05, 0.1) is 11.0 Å². The number of nitrogens with one attached hydrogen (secondary N) is 1. The number of fused-ring (bicyclic) bond motifs is 1. The summed E-state index contributed by atoms with van der Waals surface area (Å²) in [5.41, 5.74) is 6.25. The maximum atomic E-state index is 4.81. The summed E-state index contributed by atoms with van der Waals surface area (Å²) >= 11 is 0. The van der Waals surface area contributed by atoms with Gasteiger partial charge in [0.2, 0.25) is 0 Å². The minimum absolute atomic E-state index is 0.521. The molecule has 0 amide bonds. The summed E-state index contributed by atoms with van der Waals surface area (Å²) < 4.78 is 0. The molecule has 1 aliphatic rings. The van der Waals surface area contributed by atoms with E-state index in [2.05, 4.69) is 66.2 Å². The van der Waals surface area contributed by atoms with Gasteiger partial charge in [-0.2, -0.15) is 0 Å². The van der Waals surface area contributed by atoms with E-state index in [1.165, 1.54) is 23.1 Å². The molecular formula is C20H23N3. The number of imidazole rings is 1. The van der Waals surface area contributed by atoms with Crippen molar-refractivity contribution < 1.29 is 0 Å². The Balaban J connectivity index is 1.47. The van der Waals surface area contributed by atoms with Gasteiger partial charge in [0.1, 0.15) is 5.82 Å². The van der Waals surface area contributed by atoms with E-state index in [9.17, 15) is 0 Å². The van der Waals surface area contributed by atoms with Crippen LogP contribution in [0, 0.1) is 13.8 Å². The second-order valence-corrected chi connectivity index (χ2v) is 6.85. The van der Waals surface area contributed by atoms with Crippen LogP contribution in [0.1, 0.15) is 34.9 Å². The van der Waals surface area contributed by atoms with Crippen LogP contribution in [0.2, 0.25) is 0 Å². The Hall–Kier alpha value is -2.13. The molecule has 0 aliphatic carbocycles. The van der Waals surface area contributed by atoms with Gasteiger partial charge in [-0.15, -0.1) is 0 Å². The van der Waals surface area contributed by atoms with E-state index >= 15 is 0 Å². The van der Waals surface area contributed by atoms with Gasteiger partial charge in [0, 0.05) is 19.0 Å². The molecule has 3 aromatic rings. The van der Waals surface area contributed by atoms with Crippen molar-refractivity contribution in [3.8, 4) is 0 Å². The number of nitrogens with zero attached hydrogens (tertiary/aromatic N) is 2. The lowest BCUT2D eigenvalue weighted by Gasteiger charge is -2.15. The maximum absolute atomic E-state index is 4.81. The first kappa shape index (κ1) is 14.5. The van der Waals surface area contributed by atoms with E-state index in [0.29, 0.717) is 5.92 Å². The van der Waals surface area contributed by atoms with E-state index in [0.717, 1.165) is 36.5 Å². The van der Waals surface area contributed by atoms with Crippen molar-refractivity contribution in [1.29, 1.82) is 0 Å². The molecule has 2 aromatic carbocycles. The van der Waals surface area contributed by atoms with Gasteiger partial charge in [0.25, 0.3) is 0 Å². The van der Waals surface area contributed by atoms with E-state index in [1.807, 2.05) is 0 Å². The molecule has 0 spiro atoms. The number of hydrogen-bond donors (Lipinski definition) is 1. The molecule has 0 radical (unpaired) electrons. The average molecular weight is 305 g/mol. The van der Waals surface area contributed by atoms with Crippen molar-refractivity contribution in [1.82, 2.24) is 14.9 Å². The first-order chi connectivity index (χ1) is 11.2. The van der Waals surface area contributed by atoms with Crippen molar-refractivity contribution in [3.05, 3.63) is 65.0 Å². The third-order valence-electron chi connectivity index (χ3n) is 4.84. The molecule has 23 heavy (non-hydrogen) atoms. The molecule has 1 aliphatic heterocycles. The highest BCUT2D eigenvalue weighted by atomic mass is 15.2. The predicted octanol–water partition coefficient (Wildman–Crippen LogP) is 4.17. The number of likely N-dealkylation sites (tertiary alicyclic amines) is 1. The predicted molar refractivity (Wildman–Crippen MR) is 94.6 cm³/mol. The van der Waals surface area contributed by atoms with Crippen molar-refractivity contribution in [2.24, 2.45) is 0 Å². The Kier molecular flexibility index (Phi) is 3.66. The molecule has 2 heterocycles. The lowest BCUT2D eigenvalue weighted by molar-refractivity contribution is 0.326. The highest BCUT2D eigenvalue weighted by Gasteiger charge is 2.26. The zero-order valence-electron chi connectivity index (χ0n) is 13.8. The molecule has 4 rings (SSSR count). The molecule has 1 atom stereocenters. The van der Waals surface area contributed by atoms with E-state index < -0.39 is 0 Å². The summed E-state index contributed by atoms with van der Waals surface area (Å²) in [6.45, 7) is 7.54. The van der Waals surface area contributed by atoms with Gasteiger partial charge in [-0.25, -0.2) is 4.98 Å². The van der Waals surface area contributed by atoms with Crippen LogP contribution in [0.4, 0.5) is 0 Å². The molecule has 3 heteroatoms. The zero-order valence-corrected chi connectivity index (χ0v) is 13.8. The monoisotopic (exact) mass is 305 g/mol. The van der Waals surface area contributed by atoms with Crippen LogP contribution in [-0.2, 0) is 6.54 Å². The Bertz CT molecular complexity index is 817. The Morgan fingerprint density at radius 2 is 1.87 bits per heavy atom. The quantitative estimate of drug-likeness (QED) is 0.787. The van der Waals surface area contributed by atoms with Crippen molar-refractivity contribution in [2.45, 2.75) is 32.7 Å². The van der Waals surface area contributed by atoms with E-state index in [1.54, 1.807) is 0 Å². The van der Waals surface area contributed by atoms with E-state index in [-0.39, 0.29) is 0 Å². The smallest absolute Gasteiger partial charge is 0.111 e. The third kappa shape index (κ3) is 3.02. The summed E-state index contributed by atoms with van der Waals surface area (Å²) in [6.07, 6.45) is 1.19. The van der Waals surface area contributed by atoms with Crippen LogP contribution in [0.5, 0.6) is 0 Å². The highest BCUT2D eigenvalue weighted by Crippen LogP contribution is 2.28. The van der Waals surface area contributed by atoms with E-state index in [4.69, 9.17) is 4.98 Å². The topological polar surface area (TPSA) is 31.9 Å². The summed E-state index contributed by atoms with van der Waals surface area (Å²) in [7, 11) is 0. The Morgan fingerprint density at radius 3 is 2.70 bits per heavy atom. The number of hydrogen-bond acceptors (Lipinski definition) is 2. The second-order valence-electron chi connectivity index (χ2n) is 6.85. The highest BCUT2D eigenvalue weighted by molar-refractivity contribution is 5.75. The fourth-order valence-electron chi connectivity index (χ4n) is 3.49. The molecule has 118 valence electrons. The second kappa shape index (κ2) is 5.82. The van der Waals surface area contributed by atoms with Gasteiger partial charge in [0.15, 0.2) is 0 Å². The van der Waals surface area contributed by atoms with Gasteiger partial charge in [-0.1, -0.05) is 35.9 Å². The third-order valence-corrected chi connectivity index (χ3v) is 4.84. The maximum Gasteiger partial charge on any atom is 0.111 e. The lowest BCUT2D eigenvalue weighted by Crippen LogP contribution is -2.19. The number of aryl methyl sites for hydroxylation is 2. The fourth-order valence-corrected chi connectivity index (χ4v) is 3.49. The van der Waals surface area contributed by atoms with Gasteiger partial charge >= 0.3 is 0 Å². The number of H-pyrrole nitrogens is 1. The first-order valence-electron chi connectivity index (χ1n) is 8.41. The standard InChI is InChI=1S/C20H23N3/c1-14-3-6-16(7-4-14)12-23-10-9-17(13-23)20-21-18-8-5-15(2)11-19(18)22-20/h3-8,11,17H,9-10,12-13H2,1-2H3,(H,21,22)/t17-/m0/s1. The average Bonchev–Trinajstić information content (AvgIpc) is 3.15. The van der Waals surface area contributed by atoms with Crippen LogP contribution in [0.25, 0.3) is 11.0 Å². The fraction of sp³-hybridized carbons (Fsp3) is 0.350. The number of benzene rings is 2. The normalized spacial score (nSPS) is 18.8. The molecule has 1 saturated heterocycles. The molecular weight excluding hydrogens is 282 g/mol. The molecule has 0 unspecified atom stereocenters. The van der Waals surface area contributed by atoms with Gasteiger partial charge in [-0.05, 0) is 50.1 Å². The van der Waals surface area contributed by atoms with Crippen molar-refractivity contribution in [2.75, 3.05) is 13.1 Å². The molecule has 1 fully saturated rings. The number of aromatic nitrogens is 2. The largest absolute Gasteiger partial charge is 0.342 e. The van der Waals surface area contributed by atoms with Crippen LogP contribution in [-0.4, -0.2) is 28.0 Å². The summed E-state index contributed by atoms with van der Waals surface area (Å²) in [5.74, 6) is 1.67. The molecule has 1 N–H and O–H groups in total. The van der Waals surface area contributed by atoms with Crippen LogP contribution < -0.4 is 0 Å². The number of aromatic amines is 1. The number of rotatable bonds is 3. The van der Waals surface area contributed by atoms with Crippen LogP contribution in [0.15, 0.2) is 42.5 Å². The van der Waals surface area contributed by atoms with Crippen LogP contribution in [0.3, 0.4) is 0 Å². The van der Waals surface area contributed by atoms with Gasteiger partial charge < -0.3 is 4.98 Å². The van der Waals surface area contributed by atoms with Gasteiger partial charge in [-0.3, -0.25) is 4.90 Å². The van der Waals surface area contributed by atoms with Crippen molar-refractivity contribution in [3.63, 3.8) is 0 Å². The summed E-state index contributed by atoms with van der Waals surface area (Å²) in [4.78, 5) is 10.9. The minimum atomic E-state index is 0.521. The van der Waals surface area contributed by atoms with Crippen molar-refractivity contribution >= 4 is 11.0 Å². The summed E-state index contributed by atoms with van der Waals surface area (Å²) in [5, 5.41) is 0. The molecule has 0 saturated carbocycles. The Labute approximate surface area is 137 Å². The minimum Gasteiger partial charge on any atom is -0.342 e. The lowest BCUT2D eigenvalue weighted by atomic mass is 10.1.